The Balaban J connectivity index is 0.976. The lowest BCUT2D eigenvalue weighted by molar-refractivity contribution is 0.670. The standard InChI is InChI=1S/C60H42N2O/c1-4-15-41(16-5-1)44-29-35-47(36-30-44)60-61-56(46-33-31-45(32-34-46)53-24-13-25-55-54-23-10-11-28-58(54)63-59(53)55)26-14-27-57(62-60)49-22-12-21-48(37-49)52-39-50(42-17-6-2-7-18-42)38-51(40-52)43-19-8-3-9-20-43/h1-13,15-26,28-40H,14,27H2/b56-26-,61-60-,62-57+. The maximum absolute atomic E-state index is 6.39. The number of para-hydroxylation sites is 2. The minimum Gasteiger partial charge on any atom is -0.455 e. The van der Waals surface area contributed by atoms with Crippen LogP contribution in [0.4, 0.5) is 0 Å². The molecule has 1 aromatic heterocycles. The van der Waals surface area contributed by atoms with Crippen LogP contribution in [-0.4, -0.2) is 11.5 Å². The molecule has 0 aliphatic carbocycles. The van der Waals surface area contributed by atoms with Crippen molar-refractivity contribution < 1.29 is 4.42 Å². The number of fused-ring (bicyclic) bond motifs is 3. The Morgan fingerprint density at radius 3 is 1.49 bits per heavy atom. The number of benzene rings is 9. The molecule has 3 nitrogen and oxygen atoms in total. The van der Waals surface area contributed by atoms with Crippen molar-refractivity contribution in [1.82, 2.24) is 0 Å². The van der Waals surface area contributed by atoms with Crippen molar-refractivity contribution in [2.75, 3.05) is 0 Å². The number of aliphatic imine (C=N–C) groups is 2. The van der Waals surface area contributed by atoms with Crippen molar-refractivity contribution in [3.63, 3.8) is 0 Å². The molecule has 0 radical (unpaired) electrons. The molecule has 0 fully saturated rings. The van der Waals surface area contributed by atoms with Crippen molar-refractivity contribution in [3.8, 4) is 55.6 Å². The van der Waals surface area contributed by atoms with Gasteiger partial charge < -0.3 is 4.42 Å². The van der Waals surface area contributed by atoms with Gasteiger partial charge in [-0.15, -0.1) is 0 Å². The summed E-state index contributed by atoms with van der Waals surface area (Å²) in [5, 5.41) is 2.25. The van der Waals surface area contributed by atoms with E-state index in [9.17, 15) is 0 Å². The third kappa shape index (κ3) is 7.73. The third-order valence-corrected chi connectivity index (χ3v) is 12.0. The predicted octanol–water partition coefficient (Wildman–Crippen LogP) is 16.0. The first-order valence-corrected chi connectivity index (χ1v) is 21.6. The van der Waals surface area contributed by atoms with Crippen LogP contribution in [0.25, 0.3) is 83.3 Å². The van der Waals surface area contributed by atoms with E-state index in [-0.39, 0.29) is 0 Å². The Labute approximate surface area is 367 Å². The molecule has 0 spiro atoms. The van der Waals surface area contributed by atoms with Gasteiger partial charge in [0.05, 0.1) is 11.4 Å². The fraction of sp³-hybridized carbons (Fsp3) is 0.0333. The summed E-state index contributed by atoms with van der Waals surface area (Å²) in [6.07, 6.45) is 3.82. The monoisotopic (exact) mass is 806 g/mol. The smallest absolute Gasteiger partial charge is 0.160 e. The third-order valence-electron chi connectivity index (χ3n) is 12.0. The van der Waals surface area contributed by atoms with Crippen LogP contribution < -0.4 is 0 Å². The molecular weight excluding hydrogens is 765 g/mol. The first-order valence-electron chi connectivity index (χ1n) is 21.6. The van der Waals surface area contributed by atoms with Gasteiger partial charge in [0.2, 0.25) is 0 Å². The van der Waals surface area contributed by atoms with Gasteiger partial charge >= 0.3 is 0 Å². The summed E-state index contributed by atoms with van der Waals surface area (Å²) in [4.78, 5) is 10.8. The Morgan fingerprint density at radius 2 is 0.810 bits per heavy atom. The summed E-state index contributed by atoms with van der Waals surface area (Å²) >= 11 is 0. The zero-order valence-corrected chi connectivity index (χ0v) is 34.7. The van der Waals surface area contributed by atoms with Crippen LogP contribution in [0.2, 0.25) is 0 Å². The Hall–Kier alpha value is -8.14. The highest BCUT2D eigenvalue weighted by molar-refractivity contribution is 6.14. The number of rotatable bonds is 8. The summed E-state index contributed by atoms with van der Waals surface area (Å²) in [7, 11) is 0. The first kappa shape index (κ1) is 37.8. The van der Waals surface area contributed by atoms with Crippen LogP contribution in [0.3, 0.4) is 0 Å². The molecule has 10 aromatic rings. The fourth-order valence-corrected chi connectivity index (χ4v) is 8.74. The fourth-order valence-electron chi connectivity index (χ4n) is 8.74. The van der Waals surface area contributed by atoms with E-state index in [1.165, 1.54) is 27.8 Å². The summed E-state index contributed by atoms with van der Waals surface area (Å²) in [5.74, 6) is 0.689. The molecular formula is C60H42N2O. The second-order valence-electron chi connectivity index (χ2n) is 16.0. The van der Waals surface area contributed by atoms with Crippen LogP contribution >= 0.6 is 0 Å². The molecule has 63 heavy (non-hydrogen) atoms. The second kappa shape index (κ2) is 16.7. The second-order valence-corrected chi connectivity index (χ2v) is 16.0. The van der Waals surface area contributed by atoms with Crippen molar-refractivity contribution in [1.29, 1.82) is 0 Å². The van der Waals surface area contributed by atoms with E-state index in [0.717, 1.165) is 90.7 Å². The SMILES string of the molecule is C1=C(c2ccc(-c3cccc4c3oc3ccccc34)cc2)/N=C(c2ccc(-c3ccccc3)cc2)\N=C(\c2cccc(-c3cc(-c4ccccc4)cc(-c4ccccc4)c3)c2)CC\1. The molecule has 1 aliphatic heterocycles. The topological polar surface area (TPSA) is 37.9 Å². The number of hydrogen-bond donors (Lipinski definition) is 0. The van der Waals surface area contributed by atoms with E-state index in [2.05, 4.69) is 212 Å². The molecule has 0 saturated carbocycles. The zero-order valence-electron chi connectivity index (χ0n) is 34.7. The van der Waals surface area contributed by atoms with E-state index in [0.29, 0.717) is 5.84 Å². The molecule has 0 N–H and O–H groups in total. The van der Waals surface area contributed by atoms with E-state index < -0.39 is 0 Å². The number of nitrogens with zero attached hydrogens (tertiary/aromatic N) is 2. The average molecular weight is 807 g/mol. The Morgan fingerprint density at radius 1 is 0.333 bits per heavy atom. The van der Waals surface area contributed by atoms with Crippen LogP contribution in [0, 0.1) is 0 Å². The quantitative estimate of drug-likeness (QED) is 0.151. The van der Waals surface area contributed by atoms with Gasteiger partial charge in [0.25, 0.3) is 0 Å². The highest BCUT2D eigenvalue weighted by Crippen LogP contribution is 2.37. The van der Waals surface area contributed by atoms with Gasteiger partial charge in [-0.05, 0) is 104 Å². The Bertz CT molecular complexity index is 3280. The normalized spacial score (nSPS) is 15.4. The molecule has 0 saturated heterocycles. The minimum atomic E-state index is 0.689. The predicted molar refractivity (Wildman–Crippen MR) is 264 cm³/mol. The van der Waals surface area contributed by atoms with Crippen molar-refractivity contribution in [3.05, 3.63) is 247 Å². The summed E-state index contributed by atoms with van der Waals surface area (Å²) in [6.45, 7) is 0. The zero-order chi connectivity index (χ0) is 42.0. The molecule has 3 heteroatoms. The number of allylic oxidation sites excluding steroid dienone is 1. The summed E-state index contributed by atoms with van der Waals surface area (Å²) in [6, 6.07) is 79.5. The number of furan rings is 1. The Kier molecular flexibility index (Phi) is 10.0. The molecule has 0 unspecified atom stereocenters. The van der Waals surface area contributed by atoms with Crippen LogP contribution in [-0.2, 0) is 0 Å². The van der Waals surface area contributed by atoms with Crippen LogP contribution in [0.15, 0.2) is 245 Å². The molecule has 9 aromatic carbocycles. The van der Waals surface area contributed by atoms with Gasteiger partial charge in [-0.25, -0.2) is 9.98 Å². The maximum atomic E-state index is 6.39. The molecule has 11 rings (SSSR count). The van der Waals surface area contributed by atoms with E-state index in [1.807, 2.05) is 18.2 Å². The number of hydrogen-bond acceptors (Lipinski definition) is 3. The van der Waals surface area contributed by atoms with Gasteiger partial charge in [-0.2, -0.15) is 0 Å². The lowest BCUT2D eigenvalue weighted by atomic mass is 9.92. The van der Waals surface area contributed by atoms with E-state index in [1.54, 1.807) is 0 Å². The lowest BCUT2D eigenvalue weighted by Gasteiger charge is -2.15. The molecule has 0 amide bonds. The first-order chi connectivity index (χ1) is 31.2. The van der Waals surface area contributed by atoms with Gasteiger partial charge in [0.15, 0.2) is 5.84 Å². The van der Waals surface area contributed by atoms with Crippen molar-refractivity contribution in [2.24, 2.45) is 9.98 Å². The summed E-state index contributed by atoms with van der Waals surface area (Å²) < 4.78 is 6.39. The molecule has 1 aliphatic rings. The van der Waals surface area contributed by atoms with E-state index in [4.69, 9.17) is 14.4 Å². The largest absolute Gasteiger partial charge is 0.455 e. The molecule has 0 atom stereocenters. The highest BCUT2D eigenvalue weighted by Gasteiger charge is 2.17. The number of amidine groups is 1. The average Bonchev–Trinajstić information content (AvgIpc) is 3.74. The molecule has 2 heterocycles. The maximum Gasteiger partial charge on any atom is 0.160 e. The minimum absolute atomic E-state index is 0.689. The van der Waals surface area contributed by atoms with Gasteiger partial charge in [-0.3, -0.25) is 0 Å². The van der Waals surface area contributed by atoms with E-state index >= 15 is 0 Å². The molecule has 0 bridgehead atoms. The highest BCUT2D eigenvalue weighted by atomic mass is 16.3. The van der Waals surface area contributed by atoms with Crippen molar-refractivity contribution in [2.45, 2.75) is 12.8 Å². The molecule has 298 valence electrons. The lowest BCUT2D eigenvalue weighted by Crippen LogP contribution is -2.09. The van der Waals surface area contributed by atoms with Gasteiger partial charge in [0.1, 0.15) is 11.2 Å². The summed E-state index contributed by atoms with van der Waals surface area (Å²) in [5.41, 5.74) is 18.4. The van der Waals surface area contributed by atoms with Crippen molar-refractivity contribution >= 4 is 39.2 Å². The van der Waals surface area contributed by atoms with Gasteiger partial charge in [0, 0.05) is 21.9 Å². The van der Waals surface area contributed by atoms with Gasteiger partial charge in [-0.1, -0.05) is 200 Å². The van der Waals surface area contributed by atoms with Crippen LogP contribution in [0.1, 0.15) is 29.5 Å². The van der Waals surface area contributed by atoms with Crippen LogP contribution in [0.5, 0.6) is 0 Å².